The first kappa shape index (κ1) is 13.9. The predicted octanol–water partition coefficient (Wildman–Crippen LogP) is 1.92. The van der Waals surface area contributed by atoms with Crippen molar-refractivity contribution in [2.75, 3.05) is 5.73 Å². The van der Waals surface area contributed by atoms with Gasteiger partial charge in [0.2, 0.25) is 0 Å². The van der Waals surface area contributed by atoms with E-state index in [1.165, 1.54) is 12.8 Å². The van der Waals surface area contributed by atoms with Gasteiger partial charge in [0.25, 0.3) is 0 Å². The summed E-state index contributed by atoms with van der Waals surface area (Å²) in [5, 5.41) is 0. The van der Waals surface area contributed by atoms with E-state index in [1.54, 1.807) is 6.20 Å². The lowest BCUT2D eigenvalue weighted by atomic mass is 9.75. The molecular weight excluding hydrogens is 251 g/mol. The van der Waals surface area contributed by atoms with Crippen molar-refractivity contribution in [3.8, 4) is 0 Å². The smallest absolute Gasteiger partial charge is 0.399 e. The molecule has 1 aliphatic heterocycles. The molecule has 2 heterocycles. The van der Waals surface area contributed by atoms with Crippen LogP contribution >= 0.6 is 0 Å². The molecule has 3 rings (SSSR count). The highest BCUT2D eigenvalue weighted by Gasteiger charge is 2.52. The maximum atomic E-state index is 6.14. The topological polar surface area (TPSA) is 57.4 Å². The monoisotopic (exact) mass is 274 g/mol. The van der Waals surface area contributed by atoms with Crippen LogP contribution in [0.15, 0.2) is 12.3 Å². The van der Waals surface area contributed by atoms with Crippen LogP contribution in [0.1, 0.15) is 46.1 Å². The highest BCUT2D eigenvalue weighted by atomic mass is 16.7. The Hall–Kier alpha value is -1.07. The molecule has 2 fully saturated rings. The molecule has 0 aromatic carbocycles. The van der Waals surface area contributed by atoms with Crippen LogP contribution in [-0.4, -0.2) is 23.3 Å². The summed E-state index contributed by atoms with van der Waals surface area (Å²) < 4.78 is 12.3. The molecule has 1 aromatic heterocycles. The Kier molecular flexibility index (Phi) is 3.10. The highest BCUT2D eigenvalue weighted by molar-refractivity contribution is 6.62. The largest absolute Gasteiger partial charge is 0.495 e. The van der Waals surface area contributed by atoms with E-state index in [2.05, 4.69) is 32.7 Å². The molecule has 2 N–H and O–H groups in total. The van der Waals surface area contributed by atoms with Crippen molar-refractivity contribution in [1.82, 2.24) is 4.98 Å². The Morgan fingerprint density at radius 3 is 2.40 bits per heavy atom. The predicted molar refractivity (Wildman–Crippen MR) is 80.8 cm³/mol. The highest BCUT2D eigenvalue weighted by Crippen LogP contribution is 2.38. The fraction of sp³-hybridized carbons (Fsp3) is 0.667. The zero-order chi connectivity index (χ0) is 14.5. The number of rotatable bonds is 3. The molecule has 1 aliphatic carbocycles. The molecule has 108 valence electrons. The summed E-state index contributed by atoms with van der Waals surface area (Å²) in [6.45, 7) is 8.27. The van der Waals surface area contributed by atoms with Gasteiger partial charge in [0.1, 0.15) is 5.82 Å². The van der Waals surface area contributed by atoms with Crippen molar-refractivity contribution in [3.63, 3.8) is 0 Å². The van der Waals surface area contributed by atoms with Gasteiger partial charge in [-0.25, -0.2) is 4.98 Å². The lowest BCUT2D eigenvalue weighted by Crippen LogP contribution is -2.41. The van der Waals surface area contributed by atoms with Crippen molar-refractivity contribution in [3.05, 3.63) is 17.8 Å². The number of pyridine rings is 1. The quantitative estimate of drug-likeness (QED) is 0.855. The number of nitrogen functional groups attached to an aromatic ring is 1. The Balaban J connectivity index is 1.93. The third-order valence-corrected chi connectivity index (χ3v) is 4.82. The minimum atomic E-state index is -0.348. The van der Waals surface area contributed by atoms with E-state index < -0.39 is 0 Å². The van der Waals surface area contributed by atoms with Crippen LogP contribution in [0.2, 0.25) is 0 Å². The summed E-state index contributed by atoms with van der Waals surface area (Å²) in [6.07, 6.45) is 5.31. The lowest BCUT2D eigenvalue weighted by Gasteiger charge is -2.32. The van der Waals surface area contributed by atoms with Crippen molar-refractivity contribution >= 4 is 18.4 Å². The summed E-state index contributed by atoms with van der Waals surface area (Å²) in [7, 11) is -0.348. The second kappa shape index (κ2) is 4.47. The van der Waals surface area contributed by atoms with E-state index in [9.17, 15) is 0 Å². The maximum Gasteiger partial charge on any atom is 0.495 e. The molecule has 1 saturated heterocycles. The van der Waals surface area contributed by atoms with E-state index in [0.717, 1.165) is 23.4 Å². The Bertz CT molecular complexity index is 511. The van der Waals surface area contributed by atoms with Crippen molar-refractivity contribution in [1.29, 1.82) is 0 Å². The Labute approximate surface area is 121 Å². The molecular formula is C15H23BN2O2. The third kappa shape index (κ3) is 2.33. The molecule has 1 saturated carbocycles. The summed E-state index contributed by atoms with van der Waals surface area (Å²) in [5.41, 5.74) is 7.57. The fourth-order valence-corrected chi connectivity index (χ4v) is 2.55. The van der Waals surface area contributed by atoms with Gasteiger partial charge in [-0.2, -0.15) is 0 Å². The van der Waals surface area contributed by atoms with Crippen LogP contribution in [0.3, 0.4) is 0 Å². The second-order valence-corrected chi connectivity index (χ2v) is 7.00. The van der Waals surface area contributed by atoms with E-state index in [0.29, 0.717) is 5.82 Å². The fourth-order valence-electron chi connectivity index (χ4n) is 2.55. The first-order valence-corrected chi connectivity index (χ1v) is 7.39. The molecule has 0 atom stereocenters. The van der Waals surface area contributed by atoms with Crippen LogP contribution in [0.4, 0.5) is 5.82 Å². The molecule has 2 aliphatic rings. The average molecular weight is 274 g/mol. The standard InChI is InChI=1S/C15H23BN2O2/c1-14(2)15(3,4)20-16(19-14)12-7-8-18-13(17)11(12)9-10-5-6-10/h7-8,10H,5-6,9H2,1-4H3,(H2,17,18). The van der Waals surface area contributed by atoms with Gasteiger partial charge < -0.3 is 15.0 Å². The Morgan fingerprint density at radius 2 is 1.85 bits per heavy atom. The second-order valence-electron chi connectivity index (χ2n) is 7.00. The van der Waals surface area contributed by atoms with Crippen LogP contribution < -0.4 is 11.2 Å². The van der Waals surface area contributed by atoms with E-state index in [4.69, 9.17) is 15.0 Å². The molecule has 5 heteroatoms. The van der Waals surface area contributed by atoms with Gasteiger partial charge >= 0.3 is 7.12 Å². The Morgan fingerprint density at radius 1 is 1.25 bits per heavy atom. The van der Waals surface area contributed by atoms with Gasteiger partial charge in [0, 0.05) is 6.20 Å². The van der Waals surface area contributed by atoms with Gasteiger partial charge in [-0.3, -0.25) is 0 Å². The SMILES string of the molecule is CC1(C)OB(c2ccnc(N)c2CC2CC2)OC1(C)C. The molecule has 1 aromatic rings. The number of nitrogens with two attached hydrogens (primary N) is 1. The van der Waals surface area contributed by atoms with Crippen molar-refractivity contribution in [2.24, 2.45) is 5.92 Å². The summed E-state index contributed by atoms with van der Waals surface area (Å²) in [6, 6.07) is 1.98. The van der Waals surface area contributed by atoms with Gasteiger partial charge in [-0.1, -0.05) is 0 Å². The molecule has 4 nitrogen and oxygen atoms in total. The normalized spacial score (nSPS) is 24.1. The number of hydrogen-bond acceptors (Lipinski definition) is 4. The van der Waals surface area contributed by atoms with E-state index in [1.807, 2.05) is 6.07 Å². The summed E-state index contributed by atoms with van der Waals surface area (Å²) >= 11 is 0. The lowest BCUT2D eigenvalue weighted by molar-refractivity contribution is 0.00578. The minimum Gasteiger partial charge on any atom is -0.399 e. The molecule has 0 radical (unpaired) electrons. The van der Waals surface area contributed by atoms with Gasteiger partial charge in [-0.15, -0.1) is 0 Å². The minimum absolute atomic E-state index is 0.327. The number of hydrogen-bond donors (Lipinski definition) is 1. The van der Waals surface area contributed by atoms with Crippen molar-refractivity contribution in [2.45, 2.75) is 58.2 Å². The zero-order valence-corrected chi connectivity index (χ0v) is 12.8. The zero-order valence-electron chi connectivity index (χ0n) is 12.8. The van der Waals surface area contributed by atoms with E-state index in [-0.39, 0.29) is 18.3 Å². The van der Waals surface area contributed by atoms with Gasteiger partial charge in [0.15, 0.2) is 0 Å². The number of anilines is 1. The molecule has 20 heavy (non-hydrogen) atoms. The molecule has 0 bridgehead atoms. The molecule has 0 unspecified atom stereocenters. The average Bonchev–Trinajstić information content (AvgIpc) is 3.10. The maximum absolute atomic E-state index is 6.14. The van der Waals surface area contributed by atoms with Crippen molar-refractivity contribution < 1.29 is 9.31 Å². The van der Waals surface area contributed by atoms with E-state index >= 15 is 0 Å². The van der Waals surface area contributed by atoms with Gasteiger partial charge in [-0.05, 0) is 70.0 Å². The van der Waals surface area contributed by atoms with Crippen LogP contribution in [-0.2, 0) is 15.7 Å². The first-order valence-electron chi connectivity index (χ1n) is 7.39. The summed E-state index contributed by atoms with van der Waals surface area (Å²) in [4.78, 5) is 4.23. The van der Waals surface area contributed by atoms with Crippen LogP contribution in [0.25, 0.3) is 0 Å². The molecule has 0 spiro atoms. The van der Waals surface area contributed by atoms with Gasteiger partial charge in [0.05, 0.1) is 11.2 Å². The van der Waals surface area contributed by atoms with Crippen LogP contribution in [0.5, 0.6) is 0 Å². The first-order chi connectivity index (χ1) is 9.30. The number of nitrogens with zero attached hydrogens (tertiary/aromatic N) is 1. The molecule has 0 amide bonds. The van der Waals surface area contributed by atoms with Crippen LogP contribution in [0, 0.1) is 5.92 Å². The third-order valence-electron chi connectivity index (χ3n) is 4.82. The summed E-state index contributed by atoms with van der Waals surface area (Å²) in [5.74, 6) is 1.37. The number of aromatic nitrogens is 1.